The Hall–Kier alpha value is -1.71. The van der Waals surface area contributed by atoms with E-state index in [2.05, 4.69) is 19.2 Å². The van der Waals surface area contributed by atoms with E-state index in [0.717, 1.165) is 37.9 Å². The van der Waals surface area contributed by atoms with Crippen LogP contribution in [-0.4, -0.2) is 18.3 Å². The van der Waals surface area contributed by atoms with Crippen molar-refractivity contribution in [1.29, 1.82) is 0 Å². The minimum absolute atomic E-state index is 0.495. The molecule has 0 aliphatic heterocycles. The fourth-order valence-corrected chi connectivity index (χ4v) is 2.60. The van der Waals surface area contributed by atoms with E-state index in [1.54, 1.807) is 12.1 Å². The molecule has 4 nitrogen and oxygen atoms in total. The fourth-order valence-electron chi connectivity index (χ4n) is 2.60. The van der Waals surface area contributed by atoms with Crippen molar-refractivity contribution in [2.45, 2.75) is 84.7 Å². The SMILES string of the molecule is CCCCCCCC(C)(C)OC(=O)Oc1ccc(NCCCC)cc1. The largest absolute Gasteiger partial charge is 0.514 e. The molecule has 1 aromatic carbocycles. The molecular weight excluding hydrogens is 314 g/mol. The van der Waals surface area contributed by atoms with Crippen molar-refractivity contribution in [3.8, 4) is 5.75 Å². The van der Waals surface area contributed by atoms with Crippen LogP contribution in [0, 0.1) is 0 Å². The van der Waals surface area contributed by atoms with Gasteiger partial charge in [0.05, 0.1) is 0 Å². The maximum atomic E-state index is 12.0. The molecule has 0 amide bonds. The normalized spacial score (nSPS) is 11.2. The van der Waals surface area contributed by atoms with Gasteiger partial charge in [-0.15, -0.1) is 0 Å². The second-order valence-electron chi connectivity index (χ2n) is 7.18. The Morgan fingerprint density at radius 3 is 2.24 bits per heavy atom. The van der Waals surface area contributed by atoms with Gasteiger partial charge in [0.1, 0.15) is 11.4 Å². The summed E-state index contributed by atoms with van der Waals surface area (Å²) >= 11 is 0. The second kappa shape index (κ2) is 11.8. The molecule has 0 aliphatic carbocycles. The van der Waals surface area contributed by atoms with Gasteiger partial charge in [0.25, 0.3) is 0 Å². The van der Waals surface area contributed by atoms with Crippen LogP contribution in [0.4, 0.5) is 10.5 Å². The number of ether oxygens (including phenoxy) is 2. The summed E-state index contributed by atoms with van der Waals surface area (Å²) in [6.07, 6.45) is 8.52. The van der Waals surface area contributed by atoms with Gasteiger partial charge in [0, 0.05) is 12.2 Å². The molecule has 1 rings (SSSR count). The number of unbranched alkanes of at least 4 members (excludes halogenated alkanes) is 5. The molecule has 1 N–H and O–H groups in total. The van der Waals surface area contributed by atoms with Gasteiger partial charge in [0.15, 0.2) is 0 Å². The first kappa shape index (κ1) is 21.3. The van der Waals surface area contributed by atoms with Crippen LogP contribution in [0.1, 0.15) is 79.1 Å². The van der Waals surface area contributed by atoms with Crippen molar-refractivity contribution >= 4 is 11.8 Å². The van der Waals surface area contributed by atoms with Crippen molar-refractivity contribution < 1.29 is 14.3 Å². The third-order valence-electron chi connectivity index (χ3n) is 4.16. The molecule has 0 saturated carbocycles. The Morgan fingerprint density at radius 1 is 0.960 bits per heavy atom. The highest BCUT2D eigenvalue weighted by molar-refractivity contribution is 5.64. The fraction of sp³-hybridized carbons (Fsp3) is 0.667. The van der Waals surface area contributed by atoms with E-state index in [-0.39, 0.29) is 0 Å². The smallest absolute Gasteiger partial charge is 0.428 e. The van der Waals surface area contributed by atoms with Gasteiger partial charge < -0.3 is 14.8 Å². The topological polar surface area (TPSA) is 47.6 Å². The van der Waals surface area contributed by atoms with E-state index < -0.39 is 11.8 Å². The standard InChI is InChI=1S/C21H35NO3/c1-5-7-9-10-11-16-21(3,4)25-20(23)24-19-14-12-18(13-15-19)22-17-8-6-2/h12-15,22H,5-11,16-17H2,1-4H3. The highest BCUT2D eigenvalue weighted by atomic mass is 16.7. The molecule has 1 aromatic rings. The molecule has 0 fully saturated rings. The zero-order valence-corrected chi connectivity index (χ0v) is 16.4. The van der Waals surface area contributed by atoms with Crippen LogP contribution in [0.2, 0.25) is 0 Å². The van der Waals surface area contributed by atoms with Gasteiger partial charge in [-0.25, -0.2) is 4.79 Å². The number of hydrogen-bond acceptors (Lipinski definition) is 4. The van der Waals surface area contributed by atoms with Crippen molar-refractivity contribution in [3.63, 3.8) is 0 Å². The van der Waals surface area contributed by atoms with E-state index >= 15 is 0 Å². The van der Waals surface area contributed by atoms with E-state index in [4.69, 9.17) is 9.47 Å². The molecule has 0 spiro atoms. The quantitative estimate of drug-likeness (QED) is 0.264. The summed E-state index contributed by atoms with van der Waals surface area (Å²) in [5, 5.41) is 3.33. The summed E-state index contributed by atoms with van der Waals surface area (Å²) in [5.41, 5.74) is 0.534. The van der Waals surface area contributed by atoms with Crippen LogP contribution in [-0.2, 0) is 4.74 Å². The second-order valence-corrected chi connectivity index (χ2v) is 7.18. The molecule has 0 heterocycles. The highest BCUT2D eigenvalue weighted by Crippen LogP contribution is 2.22. The summed E-state index contributed by atoms with van der Waals surface area (Å²) in [4.78, 5) is 12.0. The first-order valence-electron chi connectivity index (χ1n) is 9.71. The zero-order valence-electron chi connectivity index (χ0n) is 16.4. The Morgan fingerprint density at radius 2 is 1.60 bits per heavy atom. The van der Waals surface area contributed by atoms with Gasteiger partial charge in [-0.05, 0) is 57.4 Å². The average Bonchev–Trinajstić information content (AvgIpc) is 2.56. The van der Waals surface area contributed by atoms with Crippen molar-refractivity contribution in [2.75, 3.05) is 11.9 Å². The molecular formula is C21H35NO3. The third kappa shape index (κ3) is 10.0. The van der Waals surface area contributed by atoms with Crippen LogP contribution < -0.4 is 10.1 Å². The van der Waals surface area contributed by atoms with Crippen molar-refractivity contribution in [1.82, 2.24) is 0 Å². The van der Waals surface area contributed by atoms with Crippen LogP contribution in [0.15, 0.2) is 24.3 Å². The lowest BCUT2D eigenvalue weighted by Gasteiger charge is -2.24. The molecule has 0 bridgehead atoms. The number of carbonyl (C=O) groups excluding carboxylic acids is 1. The summed E-state index contributed by atoms with van der Waals surface area (Å²) < 4.78 is 10.8. The van der Waals surface area contributed by atoms with E-state index in [1.807, 2.05) is 26.0 Å². The summed E-state index contributed by atoms with van der Waals surface area (Å²) in [5.74, 6) is 0.504. The van der Waals surface area contributed by atoms with Gasteiger partial charge in [-0.1, -0.05) is 46.0 Å². The van der Waals surface area contributed by atoms with Gasteiger partial charge in [0.2, 0.25) is 0 Å². The number of nitrogens with one attached hydrogen (secondary N) is 1. The first-order chi connectivity index (χ1) is 12.0. The summed E-state index contributed by atoms with van der Waals surface area (Å²) in [7, 11) is 0. The number of rotatable bonds is 12. The molecule has 0 aliphatic rings. The maximum absolute atomic E-state index is 12.0. The monoisotopic (exact) mass is 349 g/mol. The van der Waals surface area contributed by atoms with E-state index in [1.165, 1.54) is 25.7 Å². The lowest BCUT2D eigenvalue weighted by atomic mass is 10.00. The predicted molar refractivity (Wildman–Crippen MR) is 104 cm³/mol. The summed E-state index contributed by atoms with van der Waals surface area (Å²) in [6, 6.07) is 7.40. The third-order valence-corrected chi connectivity index (χ3v) is 4.16. The number of anilines is 1. The van der Waals surface area contributed by atoms with Crippen molar-refractivity contribution in [2.24, 2.45) is 0 Å². The molecule has 142 valence electrons. The minimum Gasteiger partial charge on any atom is -0.428 e. The maximum Gasteiger partial charge on any atom is 0.514 e. The van der Waals surface area contributed by atoms with Gasteiger partial charge in [-0.3, -0.25) is 0 Å². The van der Waals surface area contributed by atoms with E-state index in [0.29, 0.717) is 5.75 Å². The molecule has 0 radical (unpaired) electrons. The highest BCUT2D eigenvalue weighted by Gasteiger charge is 2.23. The van der Waals surface area contributed by atoms with Crippen molar-refractivity contribution in [3.05, 3.63) is 24.3 Å². The van der Waals surface area contributed by atoms with Crippen LogP contribution >= 0.6 is 0 Å². The molecule has 0 atom stereocenters. The van der Waals surface area contributed by atoms with Crippen LogP contribution in [0.5, 0.6) is 5.75 Å². The number of hydrogen-bond donors (Lipinski definition) is 1. The Bertz CT molecular complexity index is 482. The molecule has 0 saturated heterocycles. The molecule has 0 unspecified atom stereocenters. The van der Waals surface area contributed by atoms with E-state index in [9.17, 15) is 4.79 Å². The van der Waals surface area contributed by atoms with Crippen LogP contribution in [0.25, 0.3) is 0 Å². The Labute approximate surface area is 153 Å². The Balaban J connectivity index is 2.34. The minimum atomic E-state index is -0.634. The average molecular weight is 350 g/mol. The molecule has 25 heavy (non-hydrogen) atoms. The van der Waals surface area contributed by atoms with Gasteiger partial charge >= 0.3 is 6.16 Å². The molecule has 4 heteroatoms. The lowest BCUT2D eigenvalue weighted by molar-refractivity contribution is 0.00277. The lowest BCUT2D eigenvalue weighted by Crippen LogP contribution is -2.29. The number of carbonyl (C=O) groups is 1. The van der Waals surface area contributed by atoms with Gasteiger partial charge in [-0.2, -0.15) is 0 Å². The number of benzene rings is 1. The predicted octanol–water partition coefficient (Wildman–Crippen LogP) is 6.55. The first-order valence-corrected chi connectivity index (χ1v) is 9.71. The summed E-state index contributed by atoms with van der Waals surface area (Å²) in [6.45, 7) is 9.20. The van der Waals surface area contributed by atoms with Crippen LogP contribution in [0.3, 0.4) is 0 Å². The zero-order chi connectivity index (χ0) is 18.5. The Kier molecular flexibility index (Phi) is 10.0. The molecule has 0 aromatic heterocycles.